The van der Waals surface area contributed by atoms with Gasteiger partial charge in [0.2, 0.25) is 5.89 Å². The molecule has 1 rings (SSSR count). The molecule has 1 N–H and O–H groups in total. The number of alkyl halides is 3. The van der Waals surface area contributed by atoms with Gasteiger partial charge in [-0.15, -0.1) is 0 Å². The lowest BCUT2D eigenvalue weighted by Crippen LogP contribution is -2.09. The minimum Gasteiger partial charge on any atom is -0.338 e. The van der Waals surface area contributed by atoms with Crippen LogP contribution < -0.4 is 5.32 Å². The zero-order valence-electron chi connectivity index (χ0n) is 7.56. The fourth-order valence-corrected chi connectivity index (χ4v) is 0.868. The van der Waals surface area contributed by atoms with Crippen LogP contribution in [-0.4, -0.2) is 23.4 Å². The number of aromatic nitrogens is 2. The summed E-state index contributed by atoms with van der Waals surface area (Å²) in [7, 11) is 1.68. The Hall–Kier alpha value is -1.11. The molecule has 0 aliphatic carbocycles. The summed E-state index contributed by atoms with van der Waals surface area (Å²) in [5.74, 6) is 0.386. The van der Waals surface area contributed by atoms with Gasteiger partial charge in [-0.2, -0.15) is 18.2 Å². The third kappa shape index (κ3) is 3.73. The van der Waals surface area contributed by atoms with Gasteiger partial charge in [0.1, 0.15) is 0 Å². The molecule has 0 atom stereocenters. The maximum atomic E-state index is 11.8. The van der Waals surface area contributed by atoms with Gasteiger partial charge in [-0.3, -0.25) is 0 Å². The summed E-state index contributed by atoms with van der Waals surface area (Å²) in [6, 6.07) is 0. The Morgan fingerprint density at radius 1 is 1.43 bits per heavy atom. The molecule has 1 aromatic heterocycles. The number of rotatable bonds is 4. The van der Waals surface area contributed by atoms with E-state index in [1.807, 2.05) is 0 Å². The first-order valence-electron chi connectivity index (χ1n) is 4.04. The second-order valence-electron chi connectivity index (χ2n) is 2.75. The summed E-state index contributed by atoms with van der Waals surface area (Å²) in [4.78, 5) is 3.76. The summed E-state index contributed by atoms with van der Waals surface area (Å²) < 4.78 is 40.1. The van der Waals surface area contributed by atoms with Crippen molar-refractivity contribution in [1.29, 1.82) is 0 Å². The van der Waals surface area contributed by atoms with E-state index in [0.717, 1.165) is 0 Å². The molecule has 0 fully saturated rings. The summed E-state index contributed by atoms with van der Waals surface area (Å²) in [6.07, 6.45) is -5.34. The quantitative estimate of drug-likeness (QED) is 0.811. The van der Waals surface area contributed by atoms with E-state index in [2.05, 4.69) is 20.0 Å². The number of halogens is 3. The second kappa shape index (κ2) is 4.41. The molecule has 4 nitrogen and oxygen atoms in total. The van der Waals surface area contributed by atoms with Crippen LogP contribution >= 0.6 is 0 Å². The van der Waals surface area contributed by atoms with Gasteiger partial charge in [0.05, 0.1) is 13.0 Å². The average molecular weight is 209 g/mol. The fourth-order valence-electron chi connectivity index (χ4n) is 0.868. The Morgan fingerprint density at radius 3 is 2.71 bits per heavy atom. The molecule has 0 unspecified atom stereocenters. The highest BCUT2D eigenvalue weighted by atomic mass is 19.4. The lowest BCUT2D eigenvalue weighted by molar-refractivity contribution is -0.134. The first kappa shape index (κ1) is 11.0. The lowest BCUT2D eigenvalue weighted by Gasteiger charge is -2.01. The van der Waals surface area contributed by atoms with Crippen molar-refractivity contribution in [3.8, 4) is 0 Å². The van der Waals surface area contributed by atoms with Crippen molar-refractivity contribution in [3.63, 3.8) is 0 Å². The molecule has 0 spiro atoms. The van der Waals surface area contributed by atoms with Crippen molar-refractivity contribution in [2.24, 2.45) is 0 Å². The SMILES string of the molecule is CNCc1nc(CCC(F)(F)F)no1. The normalized spacial score (nSPS) is 12.0. The number of nitrogens with one attached hydrogen (secondary N) is 1. The van der Waals surface area contributed by atoms with Gasteiger partial charge in [-0.1, -0.05) is 5.16 Å². The van der Waals surface area contributed by atoms with Crippen molar-refractivity contribution in [2.75, 3.05) is 7.05 Å². The van der Waals surface area contributed by atoms with E-state index in [4.69, 9.17) is 0 Å². The van der Waals surface area contributed by atoms with Crippen molar-refractivity contribution in [3.05, 3.63) is 11.7 Å². The van der Waals surface area contributed by atoms with Crippen LogP contribution in [0.4, 0.5) is 13.2 Å². The molecule has 0 aliphatic rings. The van der Waals surface area contributed by atoms with Crippen LogP contribution in [0.15, 0.2) is 4.52 Å². The molecule has 0 aromatic carbocycles. The number of hydrogen-bond donors (Lipinski definition) is 1. The fraction of sp³-hybridized carbons (Fsp3) is 0.714. The Bertz CT molecular complexity index is 284. The van der Waals surface area contributed by atoms with Crippen LogP contribution in [0.25, 0.3) is 0 Å². The third-order valence-corrected chi connectivity index (χ3v) is 1.47. The first-order valence-corrected chi connectivity index (χ1v) is 4.04. The van der Waals surface area contributed by atoms with Gasteiger partial charge >= 0.3 is 6.18 Å². The summed E-state index contributed by atoms with van der Waals surface area (Å²) in [5, 5.41) is 6.16. The minimum absolute atomic E-state index is 0.0903. The Morgan fingerprint density at radius 2 is 2.14 bits per heavy atom. The molecule has 0 bridgehead atoms. The molecule has 80 valence electrons. The van der Waals surface area contributed by atoms with Gasteiger partial charge in [0, 0.05) is 6.42 Å². The molecule has 0 radical (unpaired) electrons. The standard InChI is InChI=1S/C7H10F3N3O/c1-11-4-6-12-5(13-14-6)2-3-7(8,9)10/h11H,2-4H2,1H3. The Kier molecular flexibility index (Phi) is 3.45. The molecule has 0 saturated heterocycles. The smallest absolute Gasteiger partial charge is 0.338 e. The van der Waals surface area contributed by atoms with Gasteiger partial charge in [0.15, 0.2) is 5.82 Å². The maximum absolute atomic E-state index is 11.8. The zero-order valence-corrected chi connectivity index (χ0v) is 7.56. The summed E-state index contributed by atoms with van der Waals surface area (Å²) in [6.45, 7) is 0.360. The van der Waals surface area contributed by atoms with Crippen LogP contribution in [0.5, 0.6) is 0 Å². The monoisotopic (exact) mass is 209 g/mol. The van der Waals surface area contributed by atoms with Crippen molar-refractivity contribution in [2.45, 2.75) is 25.6 Å². The van der Waals surface area contributed by atoms with Crippen LogP contribution in [0, 0.1) is 0 Å². The van der Waals surface area contributed by atoms with Crippen molar-refractivity contribution >= 4 is 0 Å². The third-order valence-electron chi connectivity index (χ3n) is 1.47. The molecule has 1 aromatic rings. The highest BCUT2D eigenvalue weighted by Gasteiger charge is 2.27. The number of hydrogen-bond acceptors (Lipinski definition) is 4. The largest absolute Gasteiger partial charge is 0.389 e. The van der Waals surface area contributed by atoms with Gasteiger partial charge < -0.3 is 9.84 Å². The van der Waals surface area contributed by atoms with E-state index >= 15 is 0 Å². The molecule has 0 amide bonds. The topological polar surface area (TPSA) is 51.0 Å². The van der Waals surface area contributed by atoms with E-state index in [-0.39, 0.29) is 12.2 Å². The Labute approximate surface area is 78.5 Å². The number of aryl methyl sites for hydroxylation is 1. The average Bonchev–Trinajstić information content (AvgIpc) is 2.49. The minimum atomic E-state index is -4.18. The maximum Gasteiger partial charge on any atom is 0.389 e. The highest BCUT2D eigenvalue weighted by molar-refractivity contribution is 4.86. The van der Waals surface area contributed by atoms with E-state index < -0.39 is 12.6 Å². The van der Waals surface area contributed by atoms with Gasteiger partial charge in [0.25, 0.3) is 0 Å². The molecule has 0 aliphatic heterocycles. The van der Waals surface area contributed by atoms with Crippen LogP contribution in [0.3, 0.4) is 0 Å². The van der Waals surface area contributed by atoms with Crippen molar-refractivity contribution < 1.29 is 17.7 Å². The molecule has 14 heavy (non-hydrogen) atoms. The lowest BCUT2D eigenvalue weighted by atomic mass is 10.3. The summed E-state index contributed by atoms with van der Waals surface area (Å²) >= 11 is 0. The molecule has 7 heteroatoms. The highest BCUT2D eigenvalue weighted by Crippen LogP contribution is 2.21. The van der Waals surface area contributed by atoms with Crippen LogP contribution in [0.1, 0.15) is 18.1 Å². The van der Waals surface area contributed by atoms with Crippen LogP contribution in [0.2, 0.25) is 0 Å². The molecule has 1 heterocycles. The van der Waals surface area contributed by atoms with E-state index in [1.165, 1.54) is 0 Å². The predicted octanol–water partition coefficient (Wildman–Crippen LogP) is 1.28. The van der Waals surface area contributed by atoms with Gasteiger partial charge in [-0.25, -0.2) is 0 Å². The van der Waals surface area contributed by atoms with E-state index in [0.29, 0.717) is 12.4 Å². The molecular weight excluding hydrogens is 199 g/mol. The zero-order chi connectivity index (χ0) is 10.6. The molecular formula is C7H10F3N3O. The molecule has 0 saturated carbocycles. The second-order valence-corrected chi connectivity index (χ2v) is 2.75. The Balaban J connectivity index is 2.44. The van der Waals surface area contributed by atoms with Crippen LogP contribution in [-0.2, 0) is 13.0 Å². The number of nitrogens with zero attached hydrogens (tertiary/aromatic N) is 2. The van der Waals surface area contributed by atoms with E-state index in [1.54, 1.807) is 7.05 Å². The van der Waals surface area contributed by atoms with Gasteiger partial charge in [-0.05, 0) is 7.05 Å². The first-order chi connectivity index (χ1) is 6.51. The van der Waals surface area contributed by atoms with E-state index in [9.17, 15) is 13.2 Å². The summed E-state index contributed by atoms with van der Waals surface area (Å²) in [5.41, 5.74) is 0. The predicted molar refractivity (Wildman–Crippen MR) is 41.4 cm³/mol. The van der Waals surface area contributed by atoms with Crippen molar-refractivity contribution in [1.82, 2.24) is 15.5 Å².